The maximum Gasteiger partial charge on any atom is 0.112 e. The monoisotopic (exact) mass is 300 g/mol. The summed E-state index contributed by atoms with van der Waals surface area (Å²) in [5.74, 6) is 1.73. The van der Waals surface area contributed by atoms with Crippen LogP contribution in [0.3, 0.4) is 0 Å². The van der Waals surface area contributed by atoms with E-state index in [1.165, 1.54) is 62.7 Å². The highest BCUT2D eigenvalue weighted by molar-refractivity contribution is 5.76. The van der Waals surface area contributed by atoms with Gasteiger partial charge in [-0.05, 0) is 18.6 Å². The highest BCUT2D eigenvalue weighted by atomic mass is 15.1. The first-order valence-corrected chi connectivity index (χ1v) is 9.19. The van der Waals surface area contributed by atoms with Crippen molar-refractivity contribution in [1.82, 2.24) is 9.55 Å². The summed E-state index contributed by atoms with van der Waals surface area (Å²) in [4.78, 5) is 4.82. The number of imidazole rings is 1. The number of aromatic nitrogens is 2. The van der Waals surface area contributed by atoms with Crippen LogP contribution in [0.5, 0.6) is 0 Å². The number of hydrogen-bond donors (Lipinski definition) is 0. The molecule has 2 heteroatoms. The Morgan fingerprint density at radius 1 is 0.909 bits per heavy atom. The van der Waals surface area contributed by atoms with E-state index in [-0.39, 0.29) is 0 Å². The second kappa shape index (κ2) is 8.97. The Kier molecular flexibility index (Phi) is 6.95. The Balaban J connectivity index is 1.84. The first-order chi connectivity index (χ1) is 10.7. The van der Waals surface area contributed by atoms with Crippen molar-refractivity contribution < 1.29 is 0 Å². The predicted octanol–water partition coefficient (Wildman–Crippen LogP) is 6.30. The van der Waals surface area contributed by atoms with Gasteiger partial charge in [0.05, 0.1) is 11.0 Å². The fourth-order valence-electron chi connectivity index (χ4n) is 3.17. The zero-order valence-electron chi connectivity index (χ0n) is 14.6. The predicted molar refractivity (Wildman–Crippen MR) is 96.4 cm³/mol. The van der Waals surface area contributed by atoms with Crippen molar-refractivity contribution >= 4 is 11.0 Å². The molecule has 0 fully saturated rings. The normalized spacial score (nSPS) is 11.6. The van der Waals surface area contributed by atoms with Crippen molar-refractivity contribution in [1.29, 1.82) is 0 Å². The van der Waals surface area contributed by atoms with E-state index in [9.17, 15) is 0 Å². The molecule has 0 spiro atoms. The summed E-state index contributed by atoms with van der Waals surface area (Å²) < 4.78 is 2.44. The Bertz CT molecular complexity index is 554. The maximum absolute atomic E-state index is 4.82. The fraction of sp³-hybridized carbons (Fsp3) is 0.650. The van der Waals surface area contributed by atoms with Gasteiger partial charge in [0.15, 0.2) is 0 Å². The van der Waals surface area contributed by atoms with Gasteiger partial charge in [0, 0.05) is 12.5 Å². The van der Waals surface area contributed by atoms with Crippen LogP contribution in [0.25, 0.3) is 11.0 Å². The van der Waals surface area contributed by atoms with Gasteiger partial charge in [0.1, 0.15) is 5.82 Å². The molecule has 0 aliphatic heterocycles. The molecule has 2 aromatic rings. The average molecular weight is 300 g/mol. The fourth-order valence-corrected chi connectivity index (χ4v) is 3.17. The molecule has 0 aliphatic carbocycles. The van der Waals surface area contributed by atoms with Crippen LogP contribution in [-0.4, -0.2) is 9.55 Å². The van der Waals surface area contributed by atoms with Crippen LogP contribution in [0.1, 0.15) is 83.9 Å². The molecule has 0 bridgehead atoms. The number of rotatable bonds is 10. The van der Waals surface area contributed by atoms with Gasteiger partial charge in [-0.15, -0.1) is 0 Å². The lowest BCUT2D eigenvalue weighted by Gasteiger charge is -2.11. The minimum absolute atomic E-state index is 0.487. The van der Waals surface area contributed by atoms with Gasteiger partial charge in [-0.25, -0.2) is 4.98 Å². The van der Waals surface area contributed by atoms with Crippen LogP contribution in [0.2, 0.25) is 0 Å². The average Bonchev–Trinajstić information content (AvgIpc) is 2.89. The van der Waals surface area contributed by atoms with Gasteiger partial charge >= 0.3 is 0 Å². The van der Waals surface area contributed by atoms with Crippen LogP contribution in [0.15, 0.2) is 24.3 Å². The Labute approximate surface area is 135 Å². The molecule has 0 aliphatic rings. The van der Waals surface area contributed by atoms with Gasteiger partial charge < -0.3 is 4.57 Å². The second-order valence-electron chi connectivity index (χ2n) is 6.74. The third-order valence-electron chi connectivity index (χ3n) is 4.44. The number of fused-ring (bicyclic) bond motifs is 1. The molecule has 0 unspecified atom stereocenters. The number of unbranched alkanes of at least 4 members (excludes halogenated alkanes) is 7. The maximum atomic E-state index is 4.82. The van der Waals surface area contributed by atoms with Gasteiger partial charge in [-0.3, -0.25) is 0 Å². The first kappa shape index (κ1) is 17.1. The number of aryl methyl sites for hydroxylation is 1. The van der Waals surface area contributed by atoms with Crippen LogP contribution < -0.4 is 0 Å². The van der Waals surface area contributed by atoms with Gasteiger partial charge in [-0.1, -0.05) is 77.8 Å². The summed E-state index contributed by atoms with van der Waals surface area (Å²) >= 11 is 0. The number of para-hydroxylation sites is 2. The molecular formula is C20H32N2. The largest absolute Gasteiger partial charge is 0.328 e. The lowest BCUT2D eigenvalue weighted by atomic mass is 10.1. The molecule has 0 N–H and O–H groups in total. The van der Waals surface area contributed by atoms with Crippen molar-refractivity contribution in [2.75, 3.05) is 0 Å². The van der Waals surface area contributed by atoms with Crippen LogP contribution >= 0.6 is 0 Å². The zero-order chi connectivity index (χ0) is 15.8. The lowest BCUT2D eigenvalue weighted by Crippen LogP contribution is -2.05. The SMILES string of the molecule is CCCCCCCCCCn1c(C(C)C)nc2ccccc21. The zero-order valence-corrected chi connectivity index (χ0v) is 14.6. The van der Waals surface area contributed by atoms with Crippen molar-refractivity contribution in [3.05, 3.63) is 30.1 Å². The molecule has 0 amide bonds. The Morgan fingerprint density at radius 2 is 1.55 bits per heavy atom. The van der Waals surface area contributed by atoms with Gasteiger partial charge in [-0.2, -0.15) is 0 Å². The Morgan fingerprint density at radius 3 is 2.23 bits per heavy atom. The van der Waals surface area contributed by atoms with Gasteiger partial charge in [0.25, 0.3) is 0 Å². The second-order valence-corrected chi connectivity index (χ2v) is 6.74. The standard InChI is InChI=1S/C20H32N2/c1-4-5-6-7-8-9-10-13-16-22-19-15-12-11-14-18(19)21-20(22)17(2)3/h11-12,14-15,17H,4-10,13,16H2,1-3H3. The molecule has 1 aromatic carbocycles. The number of hydrogen-bond acceptors (Lipinski definition) is 1. The van der Waals surface area contributed by atoms with Crippen LogP contribution in [-0.2, 0) is 6.54 Å². The molecular weight excluding hydrogens is 268 g/mol. The molecule has 0 saturated heterocycles. The summed E-state index contributed by atoms with van der Waals surface area (Å²) in [5, 5.41) is 0. The minimum Gasteiger partial charge on any atom is -0.328 e. The van der Waals surface area contributed by atoms with E-state index < -0.39 is 0 Å². The molecule has 1 heterocycles. The number of nitrogens with zero attached hydrogens (tertiary/aromatic N) is 2. The smallest absolute Gasteiger partial charge is 0.112 e. The third kappa shape index (κ3) is 4.59. The molecule has 0 saturated carbocycles. The summed E-state index contributed by atoms with van der Waals surface area (Å²) in [6, 6.07) is 8.54. The third-order valence-corrected chi connectivity index (χ3v) is 4.44. The van der Waals surface area contributed by atoms with Crippen molar-refractivity contribution in [2.45, 2.75) is 84.6 Å². The lowest BCUT2D eigenvalue weighted by molar-refractivity contribution is 0.535. The van der Waals surface area contributed by atoms with Crippen molar-refractivity contribution in [2.24, 2.45) is 0 Å². The van der Waals surface area contributed by atoms with E-state index in [4.69, 9.17) is 4.98 Å². The van der Waals surface area contributed by atoms with E-state index in [1.54, 1.807) is 0 Å². The molecule has 0 atom stereocenters. The highest BCUT2D eigenvalue weighted by Crippen LogP contribution is 2.22. The van der Waals surface area contributed by atoms with Crippen molar-refractivity contribution in [3.8, 4) is 0 Å². The molecule has 122 valence electrons. The van der Waals surface area contributed by atoms with Crippen LogP contribution in [0, 0.1) is 0 Å². The van der Waals surface area contributed by atoms with Crippen LogP contribution in [0.4, 0.5) is 0 Å². The minimum atomic E-state index is 0.487. The van der Waals surface area contributed by atoms with Gasteiger partial charge in [0.2, 0.25) is 0 Å². The Hall–Kier alpha value is -1.31. The van der Waals surface area contributed by atoms with Crippen molar-refractivity contribution in [3.63, 3.8) is 0 Å². The topological polar surface area (TPSA) is 17.8 Å². The quantitative estimate of drug-likeness (QED) is 0.471. The molecule has 2 nitrogen and oxygen atoms in total. The summed E-state index contributed by atoms with van der Waals surface area (Å²) in [6.07, 6.45) is 11.0. The molecule has 1 aromatic heterocycles. The summed E-state index contributed by atoms with van der Waals surface area (Å²) in [6.45, 7) is 7.88. The van der Waals surface area contributed by atoms with E-state index in [0.717, 1.165) is 12.1 Å². The first-order valence-electron chi connectivity index (χ1n) is 9.19. The highest BCUT2D eigenvalue weighted by Gasteiger charge is 2.12. The van der Waals surface area contributed by atoms with E-state index in [2.05, 4.69) is 49.6 Å². The van der Waals surface area contributed by atoms with E-state index in [1.807, 2.05) is 0 Å². The summed E-state index contributed by atoms with van der Waals surface area (Å²) in [5.41, 5.74) is 2.44. The molecule has 22 heavy (non-hydrogen) atoms. The van der Waals surface area contributed by atoms with E-state index in [0.29, 0.717) is 5.92 Å². The molecule has 0 radical (unpaired) electrons. The van der Waals surface area contributed by atoms with E-state index >= 15 is 0 Å². The summed E-state index contributed by atoms with van der Waals surface area (Å²) in [7, 11) is 0. The molecule has 2 rings (SSSR count). The number of benzene rings is 1.